The predicted octanol–water partition coefficient (Wildman–Crippen LogP) is 3.32. The monoisotopic (exact) mass is 409 g/mol. The fraction of sp³-hybridized carbons (Fsp3) is 0.350. The minimum atomic E-state index is -0.211. The van der Waals surface area contributed by atoms with Crippen LogP contribution in [-0.2, 0) is 11.3 Å². The van der Waals surface area contributed by atoms with Crippen LogP contribution in [0.2, 0.25) is 0 Å². The van der Waals surface area contributed by atoms with E-state index in [1.54, 1.807) is 4.68 Å². The van der Waals surface area contributed by atoms with Gasteiger partial charge in [0.1, 0.15) is 11.9 Å². The molecule has 0 aliphatic rings. The lowest BCUT2D eigenvalue weighted by Crippen LogP contribution is -2.19. The molecule has 0 radical (unpaired) electrons. The van der Waals surface area contributed by atoms with Crippen LogP contribution < -0.4 is 5.32 Å². The van der Waals surface area contributed by atoms with Crippen LogP contribution in [0.15, 0.2) is 35.5 Å². The first kappa shape index (κ1) is 20.6. The Kier molecular flexibility index (Phi) is 6.34. The second kappa shape index (κ2) is 8.92. The number of carbonyl (C=O) groups excluding carboxylic acids is 1. The van der Waals surface area contributed by atoms with Crippen LogP contribution in [0.25, 0.3) is 0 Å². The third-order valence-corrected chi connectivity index (χ3v) is 5.60. The Morgan fingerprint density at radius 3 is 2.66 bits per heavy atom. The van der Waals surface area contributed by atoms with E-state index in [0.29, 0.717) is 23.1 Å². The van der Waals surface area contributed by atoms with E-state index in [0.717, 1.165) is 16.8 Å². The lowest BCUT2D eigenvalue weighted by molar-refractivity contribution is -0.113. The summed E-state index contributed by atoms with van der Waals surface area (Å²) in [7, 11) is 0. The van der Waals surface area contributed by atoms with Gasteiger partial charge in [-0.25, -0.2) is 4.68 Å². The molecule has 0 spiro atoms. The molecule has 1 N–H and O–H groups in total. The standard InChI is InChI=1S/C20H23N7OS/c1-13(2)27-20(23-24-25-27)29-12-18(28)22-19-17(10-21)14(3)15(4)26(19)11-16-8-6-5-7-9-16/h5-9,13H,11-12H2,1-4H3,(H,22,28). The highest BCUT2D eigenvalue weighted by Gasteiger charge is 2.20. The zero-order chi connectivity index (χ0) is 21.0. The van der Waals surface area contributed by atoms with Gasteiger partial charge in [0.05, 0.1) is 17.4 Å². The van der Waals surface area contributed by atoms with Crippen molar-refractivity contribution in [2.75, 3.05) is 11.1 Å². The fourth-order valence-electron chi connectivity index (χ4n) is 3.00. The molecule has 2 heterocycles. The smallest absolute Gasteiger partial charge is 0.235 e. The van der Waals surface area contributed by atoms with Gasteiger partial charge in [0.2, 0.25) is 11.1 Å². The predicted molar refractivity (Wildman–Crippen MR) is 112 cm³/mol. The highest BCUT2D eigenvalue weighted by molar-refractivity contribution is 7.99. The number of nitrogens with one attached hydrogen (secondary N) is 1. The number of tetrazole rings is 1. The second-order valence-electron chi connectivity index (χ2n) is 6.95. The molecule has 2 aromatic heterocycles. The first-order valence-electron chi connectivity index (χ1n) is 9.26. The Bertz CT molecular complexity index is 1050. The van der Waals surface area contributed by atoms with E-state index >= 15 is 0 Å². The van der Waals surface area contributed by atoms with Gasteiger partial charge in [0.25, 0.3) is 0 Å². The topological polar surface area (TPSA) is 101 Å². The van der Waals surface area contributed by atoms with Gasteiger partial charge in [-0.2, -0.15) is 5.26 Å². The van der Waals surface area contributed by atoms with Gasteiger partial charge in [-0.05, 0) is 49.2 Å². The van der Waals surface area contributed by atoms with Crippen molar-refractivity contribution in [3.05, 3.63) is 52.7 Å². The summed E-state index contributed by atoms with van der Waals surface area (Å²) in [5.74, 6) is 0.462. The van der Waals surface area contributed by atoms with Crippen LogP contribution in [0.4, 0.5) is 5.82 Å². The van der Waals surface area contributed by atoms with Gasteiger partial charge in [-0.3, -0.25) is 4.79 Å². The molecule has 0 saturated heterocycles. The molecule has 9 heteroatoms. The van der Waals surface area contributed by atoms with Crippen molar-refractivity contribution >= 4 is 23.5 Å². The van der Waals surface area contributed by atoms with Gasteiger partial charge < -0.3 is 9.88 Å². The summed E-state index contributed by atoms with van der Waals surface area (Å²) in [5, 5.41) is 24.7. The molecule has 0 saturated carbocycles. The molecule has 8 nitrogen and oxygen atoms in total. The molecular formula is C20H23N7OS. The molecule has 1 aromatic carbocycles. The Morgan fingerprint density at radius 2 is 2.00 bits per heavy atom. The van der Waals surface area contributed by atoms with Crippen LogP contribution >= 0.6 is 11.8 Å². The Hall–Kier alpha value is -3.12. The maximum Gasteiger partial charge on any atom is 0.235 e. The van der Waals surface area contributed by atoms with Crippen molar-refractivity contribution in [3.8, 4) is 6.07 Å². The number of anilines is 1. The van der Waals surface area contributed by atoms with Crippen molar-refractivity contribution in [1.82, 2.24) is 24.8 Å². The number of amides is 1. The third kappa shape index (κ3) is 4.49. The maximum atomic E-state index is 12.6. The molecule has 3 aromatic rings. The second-order valence-corrected chi connectivity index (χ2v) is 7.90. The number of hydrogen-bond acceptors (Lipinski definition) is 6. The number of thioether (sulfide) groups is 1. The zero-order valence-electron chi connectivity index (χ0n) is 16.9. The average Bonchev–Trinajstić information content (AvgIpc) is 3.26. The fourth-order valence-corrected chi connectivity index (χ4v) is 3.80. The lowest BCUT2D eigenvalue weighted by atomic mass is 10.2. The highest BCUT2D eigenvalue weighted by atomic mass is 32.2. The average molecular weight is 410 g/mol. The summed E-state index contributed by atoms with van der Waals surface area (Å²) < 4.78 is 3.65. The van der Waals surface area contributed by atoms with E-state index in [2.05, 4.69) is 26.9 Å². The van der Waals surface area contributed by atoms with Crippen molar-refractivity contribution in [2.24, 2.45) is 0 Å². The lowest BCUT2D eigenvalue weighted by Gasteiger charge is -2.13. The SMILES string of the molecule is Cc1c(C#N)c(NC(=O)CSc2nnnn2C(C)C)n(Cc2ccccc2)c1C. The number of aromatic nitrogens is 5. The van der Waals surface area contributed by atoms with Crippen LogP contribution in [0.1, 0.15) is 42.3 Å². The molecule has 1 amide bonds. The van der Waals surface area contributed by atoms with E-state index in [1.165, 1.54) is 11.8 Å². The number of hydrogen-bond donors (Lipinski definition) is 1. The number of nitriles is 1. The van der Waals surface area contributed by atoms with Crippen LogP contribution in [0, 0.1) is 25.2 Å². The minimum Gasteiger partial charge on any atom is -0.326 e. The number of nitrogens with zero attached hydrogens (tertiary/aromatic N) is 6. The zero-order valence-corrected chi connectivity index (χ0v) is 17.7. The quantitative estimate of drug-likeness (QED) is 0.601. The Balaban J connectivity index is 1.80. The highest BCUT2D eigenvalue weighted by Crippen LogP contribution is 2.28. The molecule has 0 aliphatic heterocycles. The summed E-state index contributed by atoms with van der Waals surface area (Å²) in [4.78, 5) is 12.6. The van der Waals surface area contributed by atoms with E-state index in [9.17, 15) is 10.1 Å². The summed E-state index contributed by atoms with van der Waals surface area (Å²) in [5.41, 5.74) is 3.41. The summed E-state index contributed by atoms with van der Waals surface area (Å²) in [6, 6.07) is 12.3. The van der Waals surface area contributed by atoms with Gasteiger partial charge >= 0.3 is 0 Å². The van der Waals surface area contributed by atoms with Crippen LogP contribution in [0.3, 0.4) is 0 Å². The van der Waals surface area contributed by atoms with E-state index in [1.807, 2.05) is 62.6 Å². The van der Waals surface area contributed by atoms with Crippen molar-refractivity contribution in [3.63, 3.8) is 0 Å². The molecule has 29 heavy (non-hydrogen) atoms. The molecule has 0 unspecified atom stereocenters. The summed E-state index contributed by atoms with van der Waals surface area (Å²) in [6.07, 6.45) is 0. The molecule has 0 bridgehead atoms. The van der Waals surface area contributed by atoms with Crippen LogP contribution in [0.5, 0.6) is 0 Å². The van der Waals surface area contributed by atoms with E-state index < -0.39 is 0 Å². The van der Waals surface area contributed by atoms with Crippen molar-refractivity contribution in [1.29, 1.82) is 5.26 Å². The maximum absolute atomic E-state index is 12.6. The van der Waals surface area contributed by atoms with E-state index in [4.69, 9.17) is 0 Å². The molecule has 0 aliphatic carbocycles. The molecule has 150 valence electrons. The minimum absolute atomic E-state index is 0.106. The Labute approximate surface area is 173 Å². The first-order chi connectivity index (χ1) is 13.9. The molecule has 0 atom stereocenters. The van der Waals surface area contributed by atoms with Gasteiger partial charge in [0, 0.05) is 12.2 Å². The van der Waals surface area contributed by atoms with Gasteiger partial charge in [0.15, 0.2) is 0 Å². The van der Waals surface area contributed by atoms with Crippen LogP contribution in [-0.4, -0.2) is 36.4 Å². The van der Waals surface area contributed by atoms with Crippen molar-refractivity contribution < 1.29 is 4.79 Å². The molecule has 3 rings (SSSR count). The van der Waals surface area contributed by atoms with Gasteiger partial charge in [-0.1, -0.05) is 42.1 Å². The third-order valence-electron chi connectivity index (χ3n) is 4.67. The number of benzene rings is 1. The number of carbonyl (C=O) groups is 1. The van der Waals surface area contributed by atoms with E-state index in [-0.39, 0.29) is 17.7 Å². The summed E-state index contributed by atoms with van der Waals surface area (Å²) in [6.45, 7) is 8.38. The largest absolute Gasteiger partial charge is 0.326 e. The van der Waals surface area contributed by atoms with Crippen molar-refractivity contribution in [2.45, 2.75) is 45.4 Å². The normalized spacial score (nSPS) is 10.9. The number of rotatable bonds is 7. The molecular weight excluding hydrogens is 386 g/mol. The van der Waals surface area contributed by atoms with Gasteiger partial charge in [-0.15, -0.1) is 5.10 Å². The first-order valence-corrected chi connectivity index (χ1v) is 10.2. The summed E-state index contributed by atoms with van der Waals surface area (Å²) >= 11 is 1.27. The Morgan fingerprint density at radius 1 is 1.28 bits per heavy atom. The molecule has 0 fully saturated rings.